The average molecular weight is 344 g/mol. The highest BCUT2D eigenvalue weighted by Crippen LogP contribution is 2.21. The van der Waals surface area contributed by atoms with E-state index in [4.69, 9.17) is 13.9 Å². The lowest BCUT2D eigenvalue weighted by Crippen LogP contribution is -2.43. The molecule has 1 N–H and O–H groups in total. The number of methoxy groups -OCH3 is 1. The van der Waals surface area contributed by atoms with E-state index in [0.717, 1.165) is 26.3 Å². The highest BCUT2D eigenvalue weighted by molar-refractivity contribution is 5.91. The summed E-state index contributed by atoms with van der Waals surface area (Å²) in [5.41, 5.74) is 1.18. The SMILES string of the molecule is COCc1ccc(C(=O)NCC(c2ccccc2)N2CCOCC2)o1. The Bertz CT molecular complexity index is 665. The number of nitrogens with zero attached hydrogens (tertiary/aromatic N) is 1. The van der Waals surface area contributed by atoms with Crippen LogP contribution in [0.1, 0.15) is 27.9 Å². The van der Waals surface area contributed by atoms with Crippen LogP contribution >= 0.6 is 0 Å². The smallest absolute Gasteiger partial charge is 0.287 e. The van der Waals surface area contributed by atoms with Gasteiger partial charge in [0.25, 0.3) is 5.91 Å². The summed E-state index contributed by atoms with van der Waals surface area (Å²) in [5.74, 6) is 0.734. The Labute approximate surface area is 147 Å². The quantitative estimate of drug-likeness (QED) is 0.834. The Kier molecular flexibility index (Phi) is 6.22. The molecule has 3 rings (SSSR count). The van der Waals surface area contributed by atoms with Crippen molar-refractivity contribution in [2.45, 2.75) is 12.6 Å². The maximum absolute atomic E-state index is 12.4. The Balaban J connectivity index is 1.66. The predicted octanol–water partition coefficient (Wildman–Crippen LogP) is 2.23. The van der Waals surface area contributed by atoms with Crippen LogP contribution in [-0.4, -0.2) is 50.8 Å². The van der Waals surface area contributed by atoms with Crippen LogP contribution in [0.15, 0.2) is 46.9 Å². The van der Waals surface area contributed by atoms with Crippen LogP contribution in [0.25, 0.3) is 0 Å². The molecule has 134 valence electrons. The van der Waals surface area contributed by atoms with E-state index in [1.165, 1.54) is 5.56 Å². The number of morpholine rings is 1. The van der Waals surface area contributed by atoms with E-state index >= 15 is 0 Å². The van der Waals surface area contributed by atoms with Crippen molar-refractivity contribution in [1.82, 2.24) is 10.2 Å². The Hall–Kier alpha value is -2.15. The second-order valence-corrected chi connectivity index (χ2v) is 5.98. The van der Waals surface area contributed by atoms with Gasteiger partial charge < -0.3 is 19.2 Å². The van der Waals surface area contributed by atoms with Gasteiger partial charge in [-0.05, 0) is 17.7 Å². The monoisotopic (exact) mass is 344 g/mol. The van der Waals surface area contributed by atoms with Gasteiger partial charge >= 0.3 is 0 Å². The highest BCUT2D eigenvalue weighted by Gasteiger charge is 2.23. The number of ether oxygens (including phenoxy) is 2. The summed E-state index contributed by atoms with van der Waals surface area (Å²) in [6.45, 7) is 4.02. The molecule has 1 atom stereocenters. The van der Waals surface area contributed by atoms with Crippen molar-refractivity contribution in [3.05, 3.63) is 59.5 Å². The minimum absolute atomic E-state index is 0.113. The normalized spacial score (nSPS) is 16.5. The van der Waals surface area contributed by atoms with Crippen molar-refractivity contribution < 1.29 is 18.7 Å². The number of furan rings is 1. The third-order valence-corrected chi connectivity index (χ3v) is 4.30. The van der Waals surface area contributed by atoms with Gasteiger partial charge in [-0.25, -0.2) is 0 Å². The van der Waals surface area contributed by atoms with Crippen molar-refractivity contribution in [2.75, 3.05) is 40.0 Å². The fourth-order valence-corrected chi connectivity index (χ4v) is 3.02. The maximum Gasteiger partial charge on any atom is 0.287 e. The number of carbonyl (C=O) groups excluding carboxylic acids is 1. The Morgan fingerprint density at radius 2 is 1.96 bits per heavy atom. The average Bonchev–Trinajstić information content (AvgIpc) is 3.13. The molecule has 0 radical (unpaired) electrons. The summed E-state index contributed by atoms with van der Waals surface area (Å²) in [5, 5.41) is 2.99. The number of carbonyl (C=O) groups is 1. The lowest BCUT2D eigenvalue weighted by atomic mass is 10.0. The first-order valence-corrected chi connectivity index (χ1v) is 8.50. The van der Waals surface area contributed by atoms with Crippen molar-refractivity contribution >= 4 is 5.91 Å². The number of nitrogens with one attached hydrogen (secondary N) is 1. The summed E-state index contributed by atoms with van der Waals surface area (Å²) in [7, 11) is 1.59. The van der Waals surface area contributed by atoms with Crippen molar-refractivity contribution in [3.63, 3.8) is 0 Å². The fraction of sp³-hybridized carbons (Fsp3) is 0.421. The maximum atomic E-state index is 12.4. The summed E-state index contributed by atoms with van der Waals surface area (Å²) in [6, 6.07) is 13.8. The summed E-state index contributed by atoms with van der Waals surface area (Å²) in [4.78, 5) is 14.7. The molecule has 2 aromatic rings. The number of rotatable bonds is 7. The van der Waals surface area contributed by atoms with Gasteiger partial charge in [0.15, 0.2) is 5.76 Å². The number of benzene rings is 1. The van der Waals surface area contributed by atoms with Crippen LogP contribution in [0.5, 0.6) is 0 Å². The van der Waals surface area contributed by atoms with Crippen LogP contribution in [0.2, 0.25) is 0 Å². The molecule has 6 nitrogen and oxygen atoms in total. The molecule has 1 aliphatic rings. The third-order valence-electron chi connectivity index (χ3n) is 4.30. The number of hydrogen-bond donors (Lipinski definition) is 1. The summed E-state index contributed by atoms with van der Waals surface area (Å²) >= 11 is 0. The Morgan fingerprint density at radius 3 is 2.68 bits per heavy atom. The van der Waals surface area contributed by atoms with Gasteiger partial charge in [-0.2, -0.15) is 0 Å². The summed E-state index contributed by atoms with van der Waals surface area (Å²) in [6.07, 6.45) is 0. The Morgan fingerprint density at radius 1 is 1.20 bits per heavy atom. The van der Waals surface area contributed by atoms with E-state index < -0.39 is 0 Å². The van der Waals surface area contributed by atoms with Gasteiger partial charge in [0.05, 0.1) is 19.3 Å². The molecule has 1 aromatic heterocycles. The largest absolute Gasteiger partial charge is 0.453 e. The number of amides is 1. The van der Waals surface area contributed by atoms with Crippen LogP contribution in [0.3, 0.4) is 0 Å². The molecule has 0 aliphatic carbocycles. The van der Waals surface area contributed by atoms with E-state index in [9.17, 15) is 4.79 Å². The first kappa shape index (κ1) is 17.7. The van der Waals surface area contributed by atoms with Crippen LogP contribution in [0.4, 0.5) is 0 Å². The van der Waals surface area contributed by atoms with E-state index in [1.54, 1.807) is 19.2 Å². The first-order chi connectivity index (χ1) is 12.3. The summed E-state index contributed by atoms with van der Waals surface area (Å²) < 4.78 is 16.0. The van der Waals surface area contributed by atoms with Crippen LogP contribution in [-0.2, 0) is 16.1 Å². The molecule has 0 spiro atoms. The first-order valence-electron chi connectivity index (χ1n) is 8.50. The molecular weight excluding hydrogens is 320 g/mol. The molecule has 0 bridgehead atoms. The van der Waals surface area contributed by atoms with Gasteiger partial charge in [0.2, 0.25) is 0 Å². The second kappa shape index (κ2) is 8.80. The molecule has 1 aromatic carbocycles. The van der Waals surface area contributed by atoms with Crippen molar-refractivity contribution in [3.8, 4) is 0 Å². The zero-order valence-electron chi connectivity index (χ0n) is 14.4. The van der Waals surface area contributed by atoms with E-state index in [2.05, 4.69) is 22.3 Å². The molecule has 1 aliphatic heterocycles. The third kappa shape index (κ3) is 4.69. The molecule has 25 heavy (non-hydrogen) atoms. The van der Waals surface area contributed by atoms with Crippen LogP contribution in [0, 0.1) is 0 Å². The van der Waals surface area contributed by atoms with E-state index in [-0.39, 0.29) is 11.9 Å². The molecule has 0 saturated carbocycles. The van der Waals surface area contributed by atoms with Crippen LogP contribution < -0.4 is 5.32 Å². The van der Waals surface area contributed by atoms with Crippen molar-refractivity contribution in [2.24, 2.45) is 0 Å². The molecule has 1 unspecified atom stereocenters. The molecule has 2 heterocycles. The van der Waals surface area contributed by atoms with Gasteiger partial charge in [0.1, 0.15) is 12.4 Å². The van der Waals surface area contributed by atoms with Gasteiger partial charge in [-0.3, -0.25) is 9.69 Å². The minimum atomic E-state index is -0.212. The van der Waals surface area contributed by atoms with E-state index in [1.807, 2.05) is 18.2 Å². The van der Waals surface area contributed by atoms with Gasteiger partial charge in [0, 0.05) is 26.7 Å². The molecule has 1 amide bonds. The minimum Gasteiger partial charge on any atom is -0.453 e. The topological polar surface area (TPSA) is 63.9 Å². The fourth-order valence-electron chi connectivity index (χ4n) is 3.02. The molecule has 6 heteroatoms. The second-order valence-electron chi connectivity index (χ2n) is 5.98. The number of hydrogen-bond acceptors (Lipinski definition) is 5. The van der Waals surface area contributed by atoms with Gasteiger partial charge in [-0.1, -0.05) is 30.3 Å². The zero-order valence-corrected chi connectivity index (χ0v) is 14.4. The standard InChI is InChI=1S/C19H24N2O4/c1-23-14-16-7-8-18(25-16)19(22)20-13-17(15-5-3-2-4-6-15)21-9-11-24-12-10-21/h2-8,17H,9-14H2,1H3,(H,20,22). The highest BCUT2D eigenvalue weighted by atomic mass is 16.5. The predicted molar refractivity (Wildman–Crippen MR) is 93.3 cm³/mol. The van der Waals surface area contributed by atoms with E-state index in [0.29, 0.717) is 24.7 Å². The lowest BCUT2D eigenvalue weighted by molar-refractivity contribution is 0.0161. The zero-order chi connectivity index (χ0) is 17.5. The molecular formula is C19H24N2O4. The molecule has 1 fully saturated rings. The van der Waals surface area contributed by atoms with Crippen molar-refractivity contribution in [1.29, 1.82) is 0 Å². The lowest BCUT2D eigenvalue weighted by Gasteiger charge is -2.34. The molecule has 1 saturated heterocycles. The van der Waals surface area contributed by atoms with Gasteiger partial charge in [-0.15, -0.1) is 0 Å².